The fourth-order valence-electron chi connectivity index (χ4n) is 1.18. The fraction of sp³-hybridized carbons (Fsp3) is 0.222. The summed E-state index contributed by atoms with van der Waals surface area (Å²) in [7, 11) is 1.51. The van der Waals surface area contributed by atoms with Gasteiger partial charge < -0.3 is 0 Å². The molecule has 0 unspecified atom stereocenters. The summed E-state index contributed by atoms with van der Waals surface area (Å²) < 4.78 is 23.2. The minimum absolute atomic E-state index is 0.0311. The lowest BCUT2D eigenvalue weighted by Gasteiger charge is -2.06. The first-order valence-corrected chi connectivity index (χ1v) is 7.46. The third-order valence-electron chi connectivity index (χ3n) is 1.91. The normalized spacial score (nSPS) is 11.1. The average molecular weight is 356 g/mol. The molecule has 0 saturated carbocycles. The zero-order valence-corrected chi connectivity index (χ0v) is 11.5. The third-order valence-corrected chi connectivity index (χ3v) is 4.21. The molecule has 0 spiro atoms. The van der Waals surface area contributed by atoms with Crippen molar-refractivity contribution in [1.29, 1.82) is 5.26 Å². The van der Waals surface area contributed by atoms with E-state index in [-0.39, 0.29) is 4.90 Å². The van der Waals surface area contributed by atoms with Crippen molar-refractivity contribution in [1.82, 2.24) is 0 Å². The number of benzene rings is 1. The quantitative estimate of drug-likeness (QED) is 0.605. The van der Waals surface area contributed by atoms with E-state index in [4.69, 9.17) is 15.9 Å². The molecule has 0 fully saturated rings. The molecule has 1 aromatic rings. The van der Waals surface area contributed by atoms with E-state index in [0.717, 1.165) is 3.57 Å². The summed E-state index contributed by atoms with van der Waals surface area (Å²) in [5.41, 5.74) is 0.959. The summed E-state index contributed by atoms with van der Waals surface area (Å²) in [6.45, 7) is 1.84. The number of hydrogen-bond donors (Lipinski definition) is 0. The highest BCUT2D eigenvalue weighted by Gasteiger charge is 2.17. The topological polar surface area (TPSA) is 57.9 Å². The Labute approximate surface area is 107 Å². The molecule has 15 heavy (non-hydrogen) atoms. The summed E-state index contributed by atoms with van der Waals surface area (Å²) in [5, 5.41) is 8.78. The Kier molecular flexibility index (Phi) is 3.98. The standard InChI is InChI=1S/C9H7ClINO2S/c1-2-6-3-8(11)7(5-12)4-9(6)15(10,13)14/h3-4H,2H2,1H3. The van der Waals surface area contributed by atoms with Crippen LogP contribution >= 0.6 is 33.3 Å². The molecular formula is C9H7ClINO2S. The highest BCUT2D eigenvalue weighted by atomic mass is 127. The van der Waals surface area contributed by atoms with Gasteiger partial charge in [0.2, 0.25) is 0 Å². The molecule has 0 aliphatic heterocycles. The van der Waals surface area contributed by atoms with Gasteiger partial charge in [0.15, 0.2) is 0 Å². The molecule has 6 heteroatoms. The summed E-state index contributed by atoms with van der Waals surface area (Å²) in [6.07, 6.45) is 0.559. The van der Waals surface area contributed by atoms with E-state index >= 15 is 0 Å². The molecule has 0 N–H and O–H groups in total. The van der Waals surface area contributed by atoms with Crippen molar-refractivity contribution in [2.75, 3.05) is 0 Å². The zero-order chi connectivity index (χ0) is 11.6. The Morgan fingerprint density at radius 2 is 2.13 bits per heavy atom. The van der Waals surface area contributed by atoms with Crippen molar-refractivity contribution in [3.8, 4) is 6.07 Å². The van der Waals surface area contributed by atoms with Crippen LogP contribution in [0.25, 0.3) is 0 Å². The monoisotopic (exact) mass is 355 g/mol. The molecule has 0 atom stereocenters. The molecule has 0 heterocycles. The molecule has 80 valence electrons. The van der Waals surface area contributed by atoms with Gasteiger partial charge in [-0.25, -0.2) is 8.42 Å². The largest absolute Gasteiger partial charge is 0.261 e. The van der Waals surface area contributed by atoms with Crippen LogP contribution < -0.4 is 0 Å². The maximum atomic E-state index is 11.2. The van der Waals surface area contributed by atoms with Crippen LogP contribution in [0, 0.1) is 14.9 Å². The lowest BCUT2D eigenvalue weighted by Crippen LogP contribution is -1.99. The van der Waals surface area contributed by atoms with Crippen molar-refractivity contribution in [2.45, 2.75) is 18.2 Å². The van der Waals surface area contributed by atoms with E-state index in [1.165, 1.54) is 6.07 Å². The Balaban J connectivity index is 3.59. The second-order valence-corrected chi connectivity index (χ2v) is 6.54. The number of aryl methyl sites for hydroxylation is 1. The predicted molar refractivity (Wildman–Crippen MR) is 66.3 cm³/mol. The van der Waals surface area contributed by atoms with Crippen LogP contribution in [-0.4, -0.2) is 8.42 Å². The zero-order valence-electron chi connectivity index (χ0n) is 7.79. The third kappa shape index (κ3) is 2.83. The molecule has 0 bridgehead atoms. The molecule has 0 radical (unpaired) electrons. The van der Waals surface area contributed by atoms with Crippen LogP contribution in [0.15, 0.2) is 17.0 Å². The van der Waals surface area contributed by atoms with E-state index in [2.05, 4.69) is 0 Å². The van der Waals surface area contributed by atoms with E-state index in [1.807, 2.05) is 35.6 Å². The van der Waals surface area contributed by atoms with Crippen LogP contribution in [-0.2, 0) is 15.5 Å². The number of nitriles is 1. The maximum Gasteiger partial charge on any atom is 0.261 e. The molecule has 0 aromatic heterocycles. The Morgan fingerprint density at radius 3 is 2.53 bits per heavy atom. The molecule has 3 nitrogen and oxygen atoms in total. The summed E-state index contributed by atoms with van der Waals surface area (Å²) in [5.74, 6) is 0. The van der Waals surface area contributed by atoms with Gasteiger partial charge in [0, 0.05) is 14.3 Å². The molecule has 0 amide bonds. The lowest BCUT2D eigenvalue weighted by molar-refractivity contribution is 0.608. The molecular weight excluding hydrogens is 349 g/mol. The van der Waals surface area contributed by atoms with Crippen molar-refractivity contribution in [3.63, 3.8) is 0 Å². The molecule has 1 aromatic carbocycles. The lowest BCUT2D eigenvalue weighted by atomic mass is 10.1. The van der Waals surface area contributed by atoms with Crippen molar-refractivity contribution >= 4 is 42.3 Å². The van der Waals surface area contributed by atoms with Gasteiger partial charge in [0.25, 0.3) is 9.05 Å². The fourth-order valence-corrected chi connectivity index (χ4v) is 3.04. The molecule has 0 aliphatic rings. The number of hydrogen-bond acceptors (Lipinski definition) is 3. The first-order valence-electron chi connectivity index (χ1n) is 4.07. The van der Waals surface area contributed by atoms with Crippen LogP contribution in [0.4, 0.5) is 0 Å². The Morgan fingerprint density at radius 1 is 1.53 bits per heavy atom. The van der Waals surface area contributed by atoms with Gasteiger partial charge in [-0.3, -0.25) is 0 Å². The average Bonchev–Trinajstić information content (AvgIpc) is 2.15. The van der Waals surface area contributed by atoms with Crippen LogP contribution in [0.2, 0.25) is 0 Å². The first kappa shape index (κ1) is 12.7. The minimum atomic E-state index is -3.78. The maximum absolute atomic E-state index is 11.2. The van der Waals surface area contributed by atoms with Crippen LogP contribution in [0.5, 0.6) is 0 Å². The highest BCUT2D eigenvalue weighted by Crippen LogP contribution is 2.25. The van der Waals surface area contributed by atoms with Gasteiger partial charge in [0.1, 0.15) is 6.07 Å². The highest BCUT2D eigenvalue weighted by molar-refractivity contribution is 14.1. The molecule has 0 saturated heterocycles. The SMILES string of the molecule is CCc1cc(I)c(C#N)cc1S(=O)(=O)Cl. The Hall–Kier alpha value is -0.320. The van der Waals surface area contributed by atoms with Gasteiger partial charge in [-0.15, -0.1) is 0 Å². The van der Waals surface area contributed by atoms with Gasteiger partial charge in [-0.2, -0.15) is 5.26 Å². The summed E-state index contributed by atoms with van der Waals surface area (Å²) in [6, 6.07) is 4.93. The van der Waals surface area contributed by atoms with E-state index < -0.39 is 9.05 Å². The minimum Gasteiger partial charge on any atom is -0.207 e. The van der Waals surface area contributed by atoms with Crippen LogP contribution in [0.1, 0.15) is 18.1 Å². The second-order valence-electron chi connectivity index (χ2n) is 2.84. The number of halogens is 2. The van der Waals surface area contributed by atoms with E-state index in [9.17, 15) is 8.42 Å². The van der Waals surface area contributed by atoms with Gasteiger partial charge in [-0.05, 0) is 46.7 Å². The van der Waals surface area contributed by atoms with E-state index in [1.54, 1.807) is 6.07 Å². The number of nitrogens with zero attached hydrogens (tertiary/aromatic N) is 1. The van der Waals surface area contributed by atoms with Crippen LogP contribution in [0.3, 0.4) is 0 Å². The van der Waals surface area contributed by atoms with Crippen molar-refractivity contribution in [2.24, 2.45) is 0 Å². The van der Waals surface area contributed by atoms with E-state index in [0.29, 0.717) is 17.5 Å². The van der Waals surface area contributed by atoms with Gasteiger partial charge in [-0.1, -0.05) is 6.92 Å². The summed E-state index contributed by atoms with van der Waals surface area (Å²) >= 11 is 1.99. The summed E-state index contributed by atoms with van der Waals surface area (Å²) in [4.78, 5) is 0.0311. The van der Waals surface area contributed by atoms with Crippen molar-refractivity contribution < 1.29 is 8.42 Å². The Bertz CT molecular complexity index is 534. The van der Waals surface area contributed by atoms with Gasteiger partial charge in [0.05, 0.1) is 10.5 Å². The number of rotatable bonds is 2. The van der Waals surface area contributed by atoms with Gasteiger partial charge >= 0.3 is 0 Å². The predicted octanol–water partition coefficient (Wildman–Crippen LogP) is 2.65. The smallest absolute Gasteiger partial charge is 0.207 e. The van der Waals surface area contributed by atoms with Crippen molar-refractivity contribution in [3.05, 3.63) is 26.8 Å². The second kappa shape index (κ2) is 4.68. The first-order chi connectivity index (χ1) is 6.90. The molecule has 1 rings (SSSR count). The molecule has 0 aliphatic carbocycles.